The van der Waals surface area contributed by atoms with Crippen molar-refractivity contribution < 1.29 is 9.84 Å². The van der Waals surface area contributed by atoms with E-state index in [9.17, 15) is 5.11 Å². The first-order valence-corrected chi connectivity index (χ1v) is 10.6. The van der Waals surface area contributed by atoms with Gasteiger partial charge in [-0.05, 0) is 52.1 Å². The number of hydrogen-bond acceptors (Lipinski definition) is 2. The van der Waals surface area contributed by atoms with Crippen LogP contribution in [0.15, 0.2) is 78.9 Å². The third kappa shape index (κ3) is 3.49. The highest BCUT2D eigenvalue weighted by Crippen LogP contribution is 2.38. The van der Waals surface area contributed by atoms with E-state index in [2.05, 4.69) is 66.7 Å². The monoisotopic (exact) mass is 382 g/mol. The lowest BCUT2D eigenvalue weighted by Gasteiger charge is -2.29. The molecule has 0 spiro atoms. The molecule has 1 fully saturated rings. The number of rotatable bonds is 4. The van der Waals surface area contributed by atoms with Crippen molar-refractivity contribution in [2.24, 2.45) is 0 Å². The SMILES string of the molecule is O[C@@H]1CCCC[C@H]1c1ccccc1OCc1c2ccccc2cc2ccccc12. The molecule has 0 heterocycles. The van der Waals surface area contributed by atoms with E-state index in [1.807, 2.05) is 12.1 Å². The molecule has 1 saturated carbocycles. The van der Waals surface area contributed by atoms with Gasteiger partial charge >= 0.3 is 0 Å². The summed E-state index contributed by atoms with van der Waals surface area (Å²) in [4.78, 5) is 0. The van der Waals surface area contributed by atoms with Gasteiger partial charge in [-0.15, -0.1) is 0 Å². The number of benzene rings is 4. The Bertz CT molecular complexity index is 1090. The van der Waals surface area contributed by atoms with Crippen molar-refractivity contribution in [3.8, 4) is 5.75 Å². The van der Waals surface area contributed by atoms with E-state index in [0.29, 0.717) is 6.61 Å². The maximum Gasteiger partial charge on any atom is 0.123 e. The number of hydrogen-bond donors (Lipinski definition) is 1. The van der Waals surface area contributed by atoms with Crippen molar-refractivity contribution in [1.82, 2.24) is 0 Å². The second kappa shape index (κ2) is 7.88. The number of aliphatic hydroxyl groups excluding tert-OH is 1. The molecule has 5 rings (SSSR count). The molecule has 0 saturated heterocycles. The molecule has 2 nitrogen and oxygen atoms in total. The van der Waals surface area contributed by atoms with Gasteiger partial charge in [0.2, 0.25) is 0 Å². The highest BCUT2D eigenvalue weighted by Gasteiger charge is 2.27. The minimum atomic E-state index is -0.271. The molecule has 1 aliphatic carbocycles. The Kier molecular flexibility index (Phi) is 4.95. The normalized spacial score (nSPS) is 19.5. The fraction of sp³-hybridized carbons (Fsp3) is 0.259. The van der Waals surface area contributed by atoms with E-state index in [1.54, 1.807) is 0 Å². The Hall–Kier alpha value is -2.84. The van der Waals surface area contributed by atoms with Gasteiger partial charge in [-0.3, -0.25) is 0 Å². The fourth-order valence-corrected chi connectivity index (χ4v) is 4.81. The van der Waals surface area contributed by atoms with Crippen LogP contribution in [0.25, 0.3) is 21.5 Å². The van der Waals surface area contributed by atoms with Gasteiger partial charge in [0.1, 0.15) is 12.4 Å². The summed E-state index contributed by atoms with van der Waals surface area (Å²) in [5, 5.41) is 15.5. The number of para-hydroxylation sites is 1. The second-order valence-corrected chi connectivity index (χ2v) is 8.08. The lowest BCUT2D eigenvalue weighted by atomic mass is 9.81. The summed E-state index contributed by atoms with van der Waals surface area (Å²) in [6.07, 6.45) is 3.92. The van der Waals surface area contributed by atoms with Crippen molar-refractivity contribution >= 4 is 21.5 Å². The molecule has 146 valence electrons. The van der Waals surface area contributed by atoms with Gasteiger partial charge in [0.15, 0.2) is 0 Å². The van der Waals surface area contributed by atoms with Gasteiger partial charge in [0.05, 0.1) is 6.10 Å². The maximum absolute atomic E-state index is 10.6. The minimum absolute atomic E-state index is 0.171. The van der Waals surface area contributed by atoms with Gasteiger partial charge in [-0.1, -0.05) is 79.6 Å². The first-order chi connectivity index (χ1) is 14.3. The largest absolute Gasteiger partial charge is 0.489 e. The van der Waals surface area contributed by atoms with Crippen LogP contribution >= 0.6 is 0 Å². The van der Waals surface area contributed by atoms with E-state index in [-0.39, 0.29) is 12.0 Å². The molecule has 0 aliphatic heterocycles. The Morgan fingerprint density at radius 2 is 1.38 bits per heavy atom. The second-order valence-electron chi connectivity index (χ2n) is 8.08. The smallest absolute Gasteiger partial charge is 0.123 e. The Morgan fingerprint density at radius 1 is 0.759 bits per heavy atom. The lowest BCUT2D eigenvalue weighted by Crippen LogP contribution is -2.23. The third-order valence-electron chi connectivity index (χ3n) is 6.30. The number of ether oxygens (including phenoxy) is 1. The first-order valence-electron chi connectivity index (χ1n) is 10.6. The van der Waals surface area contributed by atoms with Crippen LogP contribution in [0.5, 0.6) is 5.75 Å². The summed E-state index contributed by atoms with van der Waals surface area (Å²) in [6.45, 7) is 0.516. The molecule has 2 atom stereocenters. The van der Waals surface area contributed by atoms with E-state index in [1.165, 1.54) is 33.5 Å². The van der Waals surface area contributed by atoms with Gasteiger partial charge in [-0.25, -0.2) is 0 Å². The highest BCUT2D eigenvalue weighted by molar-refractivity contribution is 6.02. The highest BCUT2D eigenvalue weighted by atomic mass is 16.5. The van der Waals surface area contributed by atoms with Gasteiger partial charge in [-0.2, -0.15) is 0 Å². The van der Waals surface area contributed by atoms with Crippen LogP contribution in [0.2, 0.25) is 0 Å². The van der Waals surface area contributed by atoms with Crippen LogP contribution in [-0.2, 0) is 6.61 Å². The Morgan fingerprint density at radius 3 is 2.10 bits per heavy atom. The molecule has 0 amide bonds. The number of aliphatic hydroxyl groups is 1. The van der Waals surface area contributed by atoms with Crippen molar-refractivity contribution in [1.29, 1.82) is 0 Å². The zero-order valence-corrected chi connectivity index (χ0v) is 16.6. The molecule has 0 aromatic heterocycles. The summed E-state index contributed by atoms with van der Waals surface area (Å²) in [6, 6.07) is 27.5. The summed E-state index contributed by atoms with van der Waals surface area (Å²) in [7, 11) is 0. The Balaban J connectivity index is 1.53. The molecule has 0 radical (unpaired) electrons. The molecule has 2 heteroatoms. The van der Waals surface area contributed by atoms with Crippen LogP contribution in [0.1, 0.15) is 42.7 Å². The predicted molar refractivity (Wildman–Crippen MR) is 119 cm³/mol. The average Bonchev–Trinajstić information content (AvgIpc) is 2.77. The van der Waals surface area contributed by atoms with Crippen LogP contribution in [-0.4, -0.2) is 11.2 Å². The first kappa shape index (κ1) is 18.2. The van der Waals surface area contributed by atoms with Gasteiger partial charge < -0.3 is 9.84 Å². The zero-order valence-electron chi connectivity index (χ0n) is 16.6. The standard InChI is InChI=1S/C27H26O2/c28-26-15-7-5-13-23(26)24-14-6-8-16-27(24)29-18-25-21-11-3-1-9-19(21)17-20-10-2-4-12-22(20)25/h1-4,6,8-12,14,16-17,23,26,28H,5,7,13,15,18H2/t23-,26+/m0/s1. The molecular weight excluding hydrogens is 356 g/mol. The lowest BCUT2D eigenvalue weighted by molar-refractivity contribution is 0.104. The maximum atomic E-state index is 10.6. The molecule has 1 N–H and O–H groups in total. The van der Waals surface area contributed by atoms with E-state index in [0.717, 1.165) is 30.6 Å². The van der Waals surface area contributed by atoms with Crippen LogP contribution in [0.4, 0.5) is 0 Å². The molecule has 29 heavy (non-hydrogen) atoms. The van der Waals surface area contributed by atoms with E-state index >= 15 is 0 Å². The van der Waals surface area contributed by atoms with E-state index < -0.39 is 0 Å². The predicted octanol–water partition coefficient (Wildman–Crippen LogP) is 6.59. The van der Waals surface area contributed by atoms with Crippen LogP contribution in [0.3, 0.4) is 0 Å². The fourth-order valence-electron chi connectivity index (χ4n) is 4.81. The third-order valence-corrected chi connectivity index (χ3v) is 6.30. The molecule has 0 unspecified atom stereocenters. The molecular formula is C27H26O2. The molecule has 0 bridgehead atoms. The molecule has 4 aromatic rings. The van der Waals surface area contributed by atoms with Crippen molar-refractivity contribution in [2.45, 2.75) is 44.3 Å². The zero-order chi connectivity index (χ0) is 19.6. The van der Waals surface area contributed by atoms with Crippen molar-refractivity contribution in [3.05, 3.63) is 90.0 Å². The van der Waals surface area contributed by atoms with Crippen molar-refractivity contribution in [3.63, 3.8) is 0 Å². The topological polar surface area (TPSA) is 29.5 Å². The summed E-state index contributed by atoms with van der Waals surface area (Å²) in [5.74, 6) is 1.07. The summed E-state index contributed by atoms with van der Waals surface area (Å²) in [5.41, 5.74) is 2.36. The molecule has 4 aromatic carbocycles. The van der Waals surface area contributed by atoms with Crippen LogP contribution < -0.4 is 4.74 Å². The Labute approximate surface area is 171 Å². The average molecular weight is 383 g/mol. The summed E-state index contributed by atoms with van der Waals surface area (Å²) >= 11 is 0. The van der Waals surface area contributed by atoms with Crippen molar-refractivity contribution in [2.75, 3.05) is 0 Å². The summed E-state index contributed by atoms with van der Waals surface area (Å²) < 4.78 is 6.43. The van der Waals surface area contributed by atoms with Gasteiger partial charge in [0.25, 0.3) is 0 Å². The van der Waals surface area contributed by atoms with Gasteiger partial charge in [0, 0.05) is 11.5 Å². The quantitative estimate of drug-likeness (QED) is 0.403. The number of fused-ring (bicyclic) bond motifs is 2. The van der Waals surface area contributed by atoms with E-state index in [4.69, 9.17) is 4.74 Å². The van der Waals surface area contributed by atoms with Crippen LogP contribution in [0, 0.1) is 0 Å². The molecule has 1 aliphatic rings. The minimum Gasteiger partial charge on any atom is -0.489 e.